The molecule has 0 fully saturated rings. The fourth-order valence-corrected chi connectivity index (χ4v) is 1.13. The lowest BCUT2D eigenvalue weighted by atomic mass is 10.2. The van der Waals surface area contributed by atoms with Crippen LogP contribution in [0, 0.1) is 6.92 Å². The molecule has 0 spiro atoms. The Balaban J connectivity index is 0.000000289. The zero-order valence-corrected chi connectivity index (χ0v) is 12.3. The second-order valence-electron chi connectivity index (χ2n) is 4.37. The van der Waals surface area contributed by atoms with Gasteiger partial charge in [-0.2, -0.15) is 0 Å². The van der Waals surface area contributed by atoms with Gasteiger partial charge in [0.25, 0.3) is 0 Å². The van der Waals surface area contributed by atoms with Crippen LogP contribution in [0.4, 0.5) is 17.1 Å². The predicted molar refractivity (Wildman–Crippen MR) is 90.2 cm³/mol. The van der Waals surface area contributed by atoms with Crippen molar-refractivity contribution in [2.75, 3.05) is 23.7 Å². The highest BCUT2D eigenvalue weighted by Gasteiger charge is 1.81. The van der Waals surface area contributed by atoms with E-state index in [-0.39, 0.29) is 0 Å². The fourth-order valence-electron chi connectivity index (χ4n) is 1.13. The molecule has 0 aromatic heterocycles. The Bertz CT molecular complexity index is 426. The molecular formula is C16H26N4. The minimum atomic E-state index is 0.713. The predicted octanol–water partition coefficient (Wildman–Crippen LogP) is 2.78. The number of aryl methyl sites for hydroxylation is 1. The number of rotatable bonds is 1. The van der Waals surface area contributed by atoms with E-state index in [9.17, 15) is 0 Å². The van der Waals surface area contributed by atoms with Crippen molar-refractivity contribution in [3.8, 4) is 0 Å². The highest BCUT2D eigenvalue weighted by Crippen LogP contribution is 2.06. The third kappa shape index (κ3) is 9.79. The van der Waals surface area contributed by atoms with Crippen LogP contribution in [-0.2, 0) is 0 Å². The van der Waals surface area contributed by atoms with E-state index in [0.29, 0.717) is 11.4 Å². The molecule has 2 aromatic carbocycles. The molecule has 4 nitrogen and oxygen atoms in total. The monoisotopic (exact) mass is 274 g/mol. The second-order valence-corrected chi connectivity index (χ2v) is 4.37. The van der Waals surface area contributed by atoms with Crippen LogP contribution in [-0.4, -0.2) is 6.54 Å². The van der Waals surface area contributed by atoms with E-state index >= 15 is 0 Å². The molecule has 20 heavy (non-hydrogen) atoms. The number of benzene rings is 2. The third-order valence-electron chi connectivity index (χ3n) is 2.28. The fraction of sp³-hybridized carbons (Fsp3) is 0.250. The first-order chi connectivity index (χ1) is 9.49. The van der Waals surface area contributed by atoms with E-state index in [1.807, 2.05) is 37.3 Å². The number of nitrogens with two attached hydrogens (primary N) is 4. The minimum Gasteiger partial charge on any atom is -0.399 e. The lowest BCUT2D eigenvalue weighted by Gasteiger charge is -1.91. The normalized spacial score (nSPS) is 8.75. The Morgan fingerprint density at radius 2 is 1.25 bits per heavy atom. The van der Waals surface area contributed by atoms with Crippen LogP contribution >= 0.6 is 0 Å². The molecule has 8 N–H and O–H groups in total. The van der Waals surface area contributed by atoms with Crippen molar-refractivity contribution >= 4 is 17.1 Å². The maximum Gasteiger partial charge on any atom is 0.0334 e. The maximum atomic E-state index is 5.43. The van der Waals surface area contributed by atoms with Crippen molar-refractivity contribution in [3.63, 3.8) is 0 Å². The van der Waals surface area contributed by atoms with Crippen LogP contribution in [0.1, 0.15) is 18.9 Å². The molecule has 0 saturated carbocycles. The van der Waals surface area contributed by atoms with Crippen molar-refractivity contribution < 1.29 is 0 Å². The average molecular weight is 274 g/mol. The van der Waals surface area contributed by atoms with Gasteiger partial charge in [0.15, 0.2) is 0 Å². The smallest absolute Gasteiger partial charge is 0.0334 e. The van der Waals surface area contributed by atoms with Gasteiger partial charge < -0.3 is 22.9 Å². The van der Waals surface area contributed by atoms with Crippen molar-refractivity contribution in [3.05, 3.63) is 54.1 Å². The van der Waals surface area contributed by atoms with Gasteiger partial charge in [0.05, 0.1) is 0 Å². The largest absolute Gasteiger partial charge is 0.399 e. The van der Waals surface area contributed by atoms with Gasteiger partial charge in [0.2, 0.25) is 0 Å². The Kier molecular flexibility index (Phi) is 9.52. The molecule has 2 aromatic rings. The van der Waals surface area contributed by atoms with Gasteiger partial charge in [-0.25, -0.2) is 0 Å². The molecule has 110 valence electrons. The molecule has 2 rings (SSSR count). The summed E-state index contributed by atoms with van der Waals surface area (Å²) in [5, 5.41) is 0. The number of hydrogen-bond acceptors (Lipinski definition) is 4. The summed E-state index contributed by atoms with van der Waals surface area (Å²) in [7, 11) is 0. The zero-order valence-electron chi connectivity index (χ0n) is 12.3. The Morgan fingerprint density at radius 3 is 1.50 bits per heavy atom. The maximum absolute atomic E-state index is 5.43. The van der Waals surface area contributed by atoms with Gasteiger partial charge in [-0.1, -0.05) is 30.7 Å². The summed E-state index contributed by atoms with van der Waals surface area (Å²) < 4.78 is 0. The molecule has 0 heterocycles. The van der Waals surface area contributed by atoms with Crippen LogP contribution in [0.15, 0.2) is 48.5 Å². The molecule has 0 saturated heterocycles. The Morgan fingerprint density at radius 1 is 0.800 bits per heavy atom. The highest BCUT2D eigenvalue weighted by molar-refractivity contribution is 5.50. The van der Waals surface area contributed by atoms with Gasteiger partial charge >= 0.3 is 0 Å². The summed E-state index contributed by atoms with van der Waals surface area (Å²) in [6.07, 6.45) is 1.10. The molecule has 0 aliphatic carbocycles. The lowest BCUT2D eigenvalue weighted by molar-refractivity contribution is 0.932. The number of anilines is 3. The van der Waals surface area contributed by atoms with Crippen molar-refractivity contribution in [1.82, 2.24) is 0 Å². The molecule has 0 unspecified atom stereocenters. The van der Waals surface area contributed by atoms with Crippen LogP contribution in [0.3, 0.4) is 0 Å². The standard InChI is InChI=1S/C7H9N.C6H8N2.C3H9N/c1-6-2-4-7(8)5-3-6;7-5-2-1-3-6(8)4-5;1-2-3-4/h2-5H,8H2,1H3;1-4H,7-8H2;2-4H2,1H3. The summed E-state index contributed by atoms with van der Waals surface area (Å²) >= 11 is 0. The summed E-state index contributed by atoms with van der Waals surface area (Å²) in [6.45, 7) is 4.92. The summed E-state index contributed by atoms with van der Waals surface area (Å²) in [4.78, 5) is 0. The van der Waals surface area contributed by atoms with Crippen molar-refractivity contribution in [2.45, 2.75) is 20.3 Å². The first-order valence-electron chi connectivity index (χ1n) is 6.62. The minimum absolute atomic E-state index is 0.713. The SMILES string of the molecule is CCCN.Cc1ccc(N)cc1.Nc1cccc(N)c1. The molecule has 0 bridgehead atoms. The van der Waals surface area contributed by atoms with E-state index in [0.717, 1.165) is 18.7 Å². The molecule has 0 radical (unpaired) electrons. The summed E-state index contributed by atoms with van der Waals surface area (Å²) in [6, 6.07) is 14.9. The van der Waals surface area contributed by atoms with Crippen LogP contribution < -0.4 is 22.9 Å². The zero-order chi connectivity index (χ0) is 15.4. The van der Waals surface area contributed by atoms with E-state index in [2.05, 4.69) is 6.92 Å². The van der Waals surface area contributed by atoms with E-state index in [4.69, 9.17) is 22.9 Å². The van der Waals surface area contributed by atoms with Gasteiger partial charge in [0, 0.05) is 17.1 Å². The summed E-state index contributed by atoms with van der Waals surface area (Å²) in [5.74, 6) is 0. The molecule has 0 amide bonds. The number of hydrogen-bond donors (Lipinski definition) is 4. The highest BCUT2D eigenvalue weighted by atomic mass is 14.6. The van der Waals surface area contributed by atoms with E-state index in [1.54, 1.807) is 18.2 Å². The van der Waals surface area contributed by atoms with Gasteiger partial charge in [0.1, 0.15) is 0 Å². The Hall–Kier alpha value is -2.20. The van der Waals surface area contributed by atoms with Gasteiger partial charge in [-0.3, -0.25) is 0 Å². The lowest BCUT2D eigenvalue weighted by Crippen LogP contribution is -1.93. The summed E-state index contributed by atoms with van der Waals surface area (Å²) in [5.41, 5.74) is 24.7. The molecule has 0 aliphatic heterocycles. The molecule has 0 aliphatic rings. The quantitative estimate of drug-likeness (QED) is 0.600. The van der Waals surface area contributed by atoms with E-state index < -0.39 is 0 Å². The average Bonchev–Trinajstić information content (AvgIpc) is 2.43. The molecule has 4 heteroatoms. The van der Waals surface area contributed by atoms with Gasteiger partial charge in [-0.05, 0) is 50.2 Å². The second kappa shape index (κ2) is 10.7. The topological polar surface area (TPSA) is 104 Å². The first kappa shape index (κ1) is 17.8. The van der Waals surface area contributed by atoms with Crippen LogP contribution in [0.2, 0.25) is 0 Å². The van der Waals surface area contributed by atoms with Gasteiger partial charge in [-0.15, -0.1) is 0 Å². The number of nitrogen functional groups attached to an aromatic ring is 3. The molecule has 0 atom stereocenters. The van der Waals surface area contributed by atoms with E-state index in [1.165, 1.54) is 5.56 Å². The van der Waals surface area contributed by atoms with Crippen LogP contribution in [0.5, 0.6) is 0 Å². The van der Waals surface area contributed by atoms with Crippen molar-refractivity contribution in [1.29, 1.82) is 0 Å². The first-order valence-corrected chi connectivity index (χ1v) is 6.62. The Labute approximate surface area is 121 Å². The van der Waals surface area contributed by atoms with Crippen molar-refractivity contribution in [2.24, 2.45) is 5.73 Å². The molecular weight excluding hydrogens is 248 g/mol. The van der Waals surface area contributed by atoms with Crippen LogP contribution in [0.25, 0.3) is 0 Å². The third-order valence-corrected chi connectivity index (χ3v) is 2.28.